The second kappa shape index (κ2) is 8.69. The standard InChI is InChI=1S/C22H25N3O3/c1-4-5-10-20(22(26)27)28-17-13-11-16(12-14-17)25(3)21-18-8-6-7-9-19(18)23-15(2)24-21/h6-9,11-14,20H,4-5,10H2,1-3H3,(H,26,27). The van der Waals surface area contributed by atoms with Gasteiger partial charge in [-0.1, -0.05) is 25.5 Å². The minimum absolute atomic E-state index is 0.500. The van der Waals surface area contributed by atoms with Gasteiger partial charge in [0.05, 0.1) is 5.52 Å². The van der Waals surface area contributed by atoms with Crippen molar-refractivity contribution in [1.82, 2.24) is 9.97 Å². The van der Waals surface area contributed by atoms with Gasteiger partial charge in [-0.3, -0.25) is 0 Å². The highest BCUT2D eigenvalue weighted by atomic mass is 16.5. The molecule has 0 amide bonds. The molecule has 6 nitrogen and oxygen atoms in total. The number of anilines is 2. The van der Waals surface area contributed by atoms with Crippen molar-refractivity contribution in [3.05, 3.63) is 54.4 Å². The lowest BCUT2D eigenvalue weighted by molar-refractivity contribution is -0.145. The topological polar surface area (TPSA) is 75.5 Å². The minimum Gasteiger partial charge on any atom is -0.479 e. The first-order valence-corrected chi connectivity index (χ1v) is 9.46. The van der Waals surface area contributed by atoms with Crippen molar-refractivity contribution in [2.45, 2.75) is 39.2 Å². The van der Waals surface area contributed by atoms with E-state index < -0.39 is 12.1 Å². The van der Waals surface area contributed by atoms with E-state index in [9.17, 15) is 9.90 Å². The average Bonchev–Trinajstić information content (AvgIpc) is 2.70. The van der Waals surface area contributed by atoms with Crippen LogP contribution in [0.1, 0.15) is 32.0 Å². The van der Waals surface area contributed by atoms with Gasteiger partial charge in [-0.2, -0.15) is 0 Å². The summed E-state index contributed by atoms with van der Waals surface area (Å²) in [5.74, 6) is 1.14. The van der Waals surface area contributed by atoms with Gasteiger partial charge in [-0.05, 0) is 56.2 Å². The first-order valence-electron chi connectivity index (χ1n) is 9.46. The Kier molecular flexibility index (Phi) is 6.09. The third kappa shape index (κ3) is 4.39. The van der Waals surface area contributed by atoms with Crippen molar-refractivity contribution in [3.63, 3.8) is 0 Å². The van der Waals surface area contributed by atoms with Crippen LogP contribution in [0, 0.1) is 6.92 Å². The van der Waals surface area contributed by atoms with Crippen LogP contribution in [0.25, 0.3) is 10.9 Å². The largest absolute Gasteiger partial charge is 0.479 e. The number of ether oxygens (including phenoxy) is 1. The van der Waals surface area contributed by atoms with Gasteiger partial charge in [0.1, 0.15) is 17.4 Å². The van der Waals surface area contributed by atoms with E-state index >= 15 is 0 Å². The van der Waals surface area contributed by atoms with Gasteiger partial charge < -0.3 is 14.7 Å². The predicted octanol–water partition coefficient (Wildman–Crippen LogP) is 4.73. The minimum atomic E-state index is -0.933. The number of benzene rings is 2. The number of unbranched alkanes of at least 4 members (excludes halogenated alkanes) is 1. The van der Waals surface area contributed by atoms with Gasteiger partial charge in [0.2, 0.25) is 0 Å². The molecule has 0 radical (unpaired) electrons. The number of carboxylic acids is 1. The molecule has 2 aromatic carbocycles. The molecule has 28 heavy (non-hydrogen) atoms. The number of aryl methyl sites for hydroxylation is 1. The number of carbonyl (C=O) groups is 1. The lowest BCUT2D eigenvalue weighted by Gasteiger charge is -2.21. The molecule has 1 heterocycles. The number of carboxylic acid groups (broad SMARTS) is 1. The fourth-order valence-electron chi connectivity index (χ4n) is 3.09. The molecular formula is C22H25N3O3. The molecule has 0 aliphatic rings. The normalized spacial score (nSPS) is 12.0. The summed E-state index contributed by atoms with van der Waals surface area (Å²) in [7, 11) is 1.95. The van der Waals surface area contributed by atoms with E-state index in [-0.39, 0.29) is 0 Å². The third-order valence-electron chi connectivity index (χ3n) is 4.61. The van der Waals surface area contributed by atoms with Crippen LogP contribution >= 0.6 is 0 Å². The summed E-state index contributed by atoms with van der Waals surface area (Å²) >= 11 is 0. The highest BCUT2D eigenvalue weighted by Gasteiger charge is 2.19. The molecule has 3 rings (SSSR count). The molecule has 0 saturated carbocycles. The third-order valence-corrected chi connectivity index (χ3v) is 4.61. The number of aromatic nitrogens is 2. The van der Waals surface area contributed by atoms with E-state index in [1.807, 2.05) is 62.2 Å². The molecule has 146 valence electrons. The number of hydrogen-bond donors (Lipinski definition) is 1. The first kappa shape index (κ1) is 19.6. The van der Waals surface area contributed by atoms with Gasteiger partial charge in [0.15, 0.2) is 6.10 Å². The summed E-state index contributed by atoms with van der Waals surface area (Å²) in [6, 6.07) is 15.3. The number of para-hydroxylation sites is 1. The molecule has 1 N–H and O–H groups in total. The van der Waals surface area contributed by atoms with E-state index in [1.165, 1.54) is 0 Å². The number of hydrogen-bond acceptors (Lipinski definition) is 5. The molecule has 0 saturated heterocycles. The SMILES string of the molecule is CCCCC(Oc1ccc(N(C)c2nc(C)nc3ccccc23)cc1)C(=O)O. The van der Waals surface area contributed by atoms with Gasteiger partial charge in [-0.25, -0.2) is 14.8 Å². The van der Waals surface area contributed by atoms with Crippen LogP contribution in [0.4, 0.5) is 11.5 Å². The van der Waals surface area contributed by atoms with Crippen molar-refractivity contribution in [1.29, 1.82) is 0 Å². The van der Waals surface area contributed by atoms with E-state index in [0.29, 0.717) is 18.0 Å². The van der Waals surface area contributed by atoms with Crippen LogP contribution < -0.4 is 9.64 Å². The Hall–Kier alpha value is -3.15. The van der Waals surface area contributed by atoms with Crippen molar-refractivity contribution >= 4 is 28.4 Å². The smallest absolute Gasteiger partial charge is 0.344 e. The van der Waals surface area contributed by atoms with Gasteiger partial charge in [-0.15, -0.1) is 0 Å². The van der Waals surface area contributed by atoms with Crippen LogP contribution in [-0.2, 0) is 4.79 Å². The second-order valence-corrected chi connectivity index (χ2v) is 6.75. The molecule has 1 atom stereocenters. The number of nitrogens with zero attached hydrogens (tertiary/aromatic N) is 3. The van der Waals surface area contributed by atoms with Crippen molar-refractivity contribution < 1.29 is 14.6 Å². The fourth-order valence-corrected chi connectivity index (χ4v) is 3.09. The van der Waals surface area contributed by atoms with Gasteiger partial charge in [0.25, 0.3) is 0 Å². The zero-order valence-corrected chi connectivity index (χ0v) is 16.4. The maximum atomic E-state index is 11.4. The first-order chi connectivity index (χ1) is 13.5. The lowest BCUT2D eigenvalue weighted by Crippen LogP contribution is -2.26. The molecule has 0 spiro atoms. The maximum absolute atomic E-state index is 11.4. The predicted molar refractivity (Wildman–Crippen MR) is 110 cm³/mol. The van der Waals surface area contributed by atoms with Crippen LogP contribution in [0.3, 0.4) is 0 Å². The fraction of sp³-hybridized carbons (Fsp3) is 0.318. The Labute approximate surface area is 164 Å². The molecule has 0 aliphatic heterocycles. The van der Waals surface area contributed by atoms with Crippen LogP contribution in [0.2, 0.25) is 0 Å². The summed E-state index contributed by atoms with van der Waals surface area (Å²) in [4.78, 5) is 22.5. The molecule has 0 bridgehead atoms. The van der Waals surface area contributed by atoms with E-state index in [2.05, 4.69) is 9.97 Å². The molecule has 6 heteroatoms. The highest BCUT2D eigenvalue weighted by Crippen LogP contribution is 2.30. The molecule has 1 unspecified atom stereocenters. The van der Waals surface area contributed by atoms with Gasteiger partial charge in [0, 0.05) is 18.1 Å². The molecular weight excluding hydrogens is 354 g/mol. The van der Waals surface area contributed by atoms with Crippen LogP contribution in [0.15, 0.2) is 48.5 Å². The van der Waals surface area contributed by atoms with Gasteiger partial charge >= 0.3 is 5.97 Å². The van der Waals surface area contributed by atoms with Crippen LogP contribution in [0.5, 0.6) is 5.75 Å². The summed E-state index contributed by atoms with van der Waals surface area (Å²) in [6.45, 7) is 3.91. The van der Waals surface area contributed by atoms with Crippen LogP contribution in [-0.4, -0.2) is 34.2 Å². The van der Waals surface area contributed by atoms with Crippen molar-refractivity contribution in [2.24, 2.45) is 0 Å². The second-order valence-electron chi connectivity index (χ2n) is 6.75. The molecule has 0 aliphatic carbocycles. The van der Waals surface area contributed by atoms with Crippen molar-refractivity contribution in [2.75, 3.05) is 11.9 Å². The Balaban J connectivity index is 1.83. The Morgan fingerprint density at radius 3 is 2.54 bits per heavy atom. The Morgan fingerprint density at radius 2 is 1.86 bits per heavy atom. The zero-order chi connectivity index (χ0) is 20.1. The summed E-state index contributed by atoms with van der Waals surface area (Å²) in [5, 5.41) is 10.3. The summed E-state index contributed by atoms with van der Waals surface area (Å²) in [6.07, 6.45) is 1.43. The Bertz CT molecular complexity index is 957. The van der Waals surface area contributed by atoms with Crippen molar-refractivity contribution in [3.8, 4) is 5.75 Å². The lowest BCUT2D eigenvalue weighted by atomic mass is 10.1. The monoisotopic (exact) mass is 379 g/mol. The highest BCUT2D eigenvalue weighted by molar-refractivity contribution is 5.91. The molecule has 0 fully saturated rings. The quantitative estimate of drug-likeness (QED) is 0.610. The molecule has 3 aromatic rings. The van der Waals surface area contributed by atoms with E-state index in [4.69, 9.17) is 4.74 Å². The number of aliphatic carboxylic acids is 1. The Morgan fingerprint density at radius 1 is 1.14 bits per heavy atom. The number of rotatable bonds is 8. The average molecular weight is 379 g/mol. The zero-order valence-electron chi connectivity index (χ0n) is 16.4. The number of fused-ring (bicyclic) bond motifs is 1. The maximum Gasteiger partial charge on any atom is 0.344 e. The van der Waals surface area contributed by atoms with E-state index in [1.54, 1.807) is 12.1 Å². The molecule has 1 aromatic heterocycles. The summed E-state index contributed by atoms with van der Waals surface area (Å²) in [5.41, 5.74) is 1.83. The summed E-state index contributed by atoms with van der Waals surface area (Å²) < 4.78 is 5.66. The van der Waals surface area contributed by atoms with E-state index in [0.717, 1.165) is 35.2 Å².